The van der Waals surface area contributed by atoms with E-state index in [0.717, 1.165) is 5.56 Å². The molecule has 5 nitrogen and oxygen atoms in total. The van der Waals surface area contributed by atoms with Gasteiger partial charge in [0, 0.05) is 48.1 Å². The summed E-state index contributed by atoms with van der Waals surface area (Å²) in [5.74, 6) is -3.81. The molecule has 0 unspecified atom stereocenters. The van der Waals surface area contributed by atoms with Gasteiger partial charge in [-0.15, -0.1) is 0 Å². The van der Waals surface area contributed by atoms with Crippen LogP contribution in [-0.4, -0.2) is 35.1 Å². The van der Waals surface area contributed by atoms with Gasteiger partial charge in [0.05, 0.1) is 17.1 Å². The Morgan fingerprint density at radius 2 is 1.85 bits per heavy atom. The molecule has 1 aliphatic rings. The van der Waals surface area contributed by atoms with Crippen LogP contribution in [-0.2, 0) is 0 Å². The highest BCUT2D eigenvalue weighted by Gasteiger charge is 2.35. The molecule has 3 aromatic rings. The Balaban J connectivity index is 1.79. The Bertz CT molecular complexity index is 1220. The molecule has 1 saturated heterocycles. The molecule has 0 saturated carbocycles. The Morgan fingerprint density at radius 1 is 1.18 bits per heavy atom. The summed E-state index contributed by atoms with van der Waals surface area (Å²) in [6, 6.07) is 9.80. The van der Waals surface area contributed by atoms with Crippen LogP contribution in [0, 0.1) is 19.7 Å². The van der Waals surface area contributed by atoms with E-state index in [1.165, 1.54) is 6.07 Å². The van der Waals surface area contributed by atoms with Gasteiger partial charge in [-0.2, -0.15) is 0 Å². The summed E-state index contributed by atoms with van der Waals surface area (Å²) < 4.78 is 42.8. The number of pyridine rings is 1. The first kappa shape index (κ1) is 22.9. The number of nitrogens with one attached hydrogen (secondary N) is 1. The summed E-state index contributed by atoms with van der Waals surface area (Å²) >= 11 is 0. The Hall–Kier alpha value is -3.29. The van der Waals surface area contributed by atoms with E-state index in [1.54, 1.807) is 36.1 Å². The van der Waals surface area contributed by atoms with Crippen LogP contribution in [0.3, 0.4) is 0 Å². The first-order valence-electron chi connectivity index (χ1n) is 10.9. The number of benzene rings is 2. The van der Waals surface area contributed by atoms with Crippen molar-refractivity contribution in [1.29, 1.82) is 0 Å². The molecular formula is C25H26F3N3O2. The lowest BCUT2D eigenvalue weighted by Gasteiger charge is -2.33. The van der Waals surface area contributed by atoms with Crippen molar-refractivity contribution >= 4 is 28.4 Å². The average molecular weight is 457 g/mol. The maximum atomic E-state index is 15.5. The third kappa shape index (κ3) is 4.47. The number of para-hydroxylation sites is 1. The molecule has 8 heteroatoms. The number of hydrogen-bond donors (Lipinski definition) is 2. The molecule has 1 aromatic heterocycles. The zero-order valence-corrected chi connectivity index (χ0v) is 18.8. The van der Waals surface area contributed by atoms with Gasteiger partial charge in [0.15, 0.2) is 0 Å². The highest BCUT2D eigenvalue weighted by Crippen LogP contribution is 2.36. The maximum Gasteiger partial charge on any atom is 0.337 e. The van der Waals surface area contributed by atoms with Crippen molar-refractivity contribution in [1.82, 2.24) is 4.98 Å². The fourth-order valence-corrected chi connectivity index (χ4v) is 4.38. The molecule has 33 heavy (non-hydrogen) atoms. The van der Waals surface area contributed by atoms with E-state index < -0.39 is 17.7 Å². The molecule has 1 fully saturated rings. The van der Waals surface area contributed by atoms with Gasteiger partial charge >= 0.3 is 5.97 Å². The smallest absolute Gasteiger partial charge is 0.337 e. The molecule has 1 aliphatic heterocycles. The third-order valence-corrected chi connectivity index (χ3v) is 6.19. The number of aromatic carboxylic acids is 1. The molecule has 0 amide bonds. The molecule has 4 rings (SSSR count). The van der Waals surface area contributed by atoms with Crippen LogP contribution in [0.15, 0.2) is 36.4 Å². The largest absolute Gasteiger partial charge is 0.478 e. The maximum absolute atomic E-state index is 15.5. The second-order valence-corrected chi connectivity index (χ2v) is 8.68. The molecule has 174 valence electrons. The van der Waals surface area contributed by atoms with E-state index in [1.807, 2.05) is 19.9 Å². The Morgan fingerprint density at radius 3 is 2.52 bits per heavy atom. The van der Waals surface area contributed by atoms with Crippen molar-refractivity contribution < 1.29 is 23.1 Å². The molecule has 2 aromatic carbocycles. The number of hydrogen-bond acceptors (Lipinski definition) is 4. The van der Waals surface area contributed by atoms with Crippen LogP contribution in [0.25, 0.3) is 10.9 Å². The number of fused-ring (bicyclic) bond motifs is 1. The summed E-state index contributed by atoms with van der Waals surface area (Å²) in [7, 11) is 0. The number of aromatic nitrogens is 1. The Kier molecular flexibility index (Phi) is 5.95. The van der Waals surface area contributed by atoms with Crippen LogP contribution in [0.5, 0.6) is 0 Å². The zero-order valence-electron chi connectivity index (χ0n) is 18.8. The van der Waals surface area contributed by atoms with E-state index in [9.17, 15) is 18.7 Å². The fourth-order valence-electron chi connectivity index (χ4n) is 4.38. The predicted molar refractivity (Wildman–Crippen MR) is 123 cm³/mol. The normalized spacial score (nSPS) is 16.6. The lowest BCUT2D eigenvalue weighted by molar-refractivity contribution is -0.0221. The summed E-state index contributed by atoms with van der Waals surface area (Å²) in [5, 5.41) is 13.1. The van der Waals surface area contributed by atoms with Gasteiger partial charge in [-0.1, -0.05) is 18.2 Å². The van der Waals surface area contributed by atoms with E-state index in [2.05, 4.69) is 5.32 Å². The summed E-state index contributed by atoms with van der Waals surface area (Å²) in [6.07, 6.45) is -0.586. The number of carboxylic acids is 1. The van der Waals surface area contributed by atoms with Crippen molar-refractivity contribution in [2.24, 2.45) is 0 Å². The van der Waals surface area contributed by atoms with Crippen LogP contribution in [0.1, 0.15) is 52.9 Å². The number of anilines is 2. The highest BCUT2D eigenvalue weighted by molar-refractivity contribution is 5.94. The minimum atomic E-state index is -2.71. The summed E-state index contributed by atoms with van der Waals surface area (Å²) in [6.45, 7) is 5.54. The average Bonchev–Trinajstić information content (AvgIpc) is 2.76. The molecule has 1 atom stereocenters. The van der Waals surface area contributed by atoms with E-state index in [0.29, 0.717) is 33.5 Å². The van der Waals surface area contributed by atoms with Gasteiger partial charge in [-0.05, 0) is 44.5 Å². The number of nitrogens with zero attached hydrogens (tertiary/aromatic N) is 2. The van der Waals surface area contributed by atoms with E-state index in [4.69, 9.17) is 4.98 Å². The molecule has 0 spiro atoms. The minimum Gasteiger partial charge on any atom is -0.478 e. The van der Waals surface area contributed by atoms with Crippen molar-refractivity contribution in [3.05, 3.63) is 64.5 Å². The highest BCUT2D eigenvalue weighted by atomic mass is 19.3. The molecule has 0 bridgehead atoms. The van der Waals surface area contributed by atoms with Crippen molar-refractivity contribution in [2.45, 2.75) is 45.6 Å². The summed E-state index contributed by atoms with van der Waals surface area (Å²) in [5.41, 5.74) is 2.88. The number of halogens is 3. The van der Waals surface area contributed by atoms with Gasteiger partial charge in [0.1, 0.15) is 11.6 Å². The van der Waals surface area contributed by atoms with E-state index >= 15 is 4.39 Å². The molecule has 0 aliphatic carbocycles. The minimum absolute atomic E-state index is 0.104. The third-order valence-electron chi connectivity index (χ3n) is 6.19. The van der Waals surface area contributed by atoms with Crippen LogP contribution in [0.2, 0.25) is 0 Å². The van der Waals surface area contributed by atoms with Gasteiger partial charge < -0.3 is 15.3 Å². The van der Waals surface area contributed by atoms with Crippen LogP contribution < -0.4 is 10.2 Å². The second kappa shape index (κ2) is 8.57. The van der Waals surface area contributed by atoms with Crippen LogP contribution in [0.4, 0.5) is 24.7 Å². The van der Waals surface area contributed by atoms with E-state index in [-0.39, 0.29) is 37.5 Å². The van der Waals surface area contributed by atoms with Gasteiger partial charge in [-0.25, -0.2) is 22.9 Å². The van der Waals surface area contributed by atoms with Crippen molar-refractivity contribution in [2.75, 3.05) is 23.3 Å². The fraction of sp³-hybridized carbons (Fsp3) is 0.360. The lowest BCUT2D eigenvalue weighted by Crippen LogP contribution is -2.40. The number of alkyl halides is 2. The van der Waals surface area contributed by atoms with Crippen molar-refractivity contribution in [3.63, 3.8) is 0 Å². The first-order chi connectivity index (χ1) is 15.6. The van der Waals surface area contributed by atoms with Crippen molar-refractivity contribution in [3.8, 4) is 0 Å². The monoisotopic (exact) mass is 457 g/mol. The number of rotatable bonds is 5. The standard InChI is InChI=1S/C25H26F3N3O2/c1-14-12-18(16(3)29-20-7-5-4-6-17(20)24(32)33)22-19(13-14)21(26)15(2)23(30-22)31-10-8-25(27,28)9-11-31/h4-7,12-13,16,29H,8-11H2,1-3H3,(H,32,33)/t16-/m0/s1. The molecule has 2 heterocycles. The topological polar surface area (TPSA) is 65.5 Å². The SMILES string of the molecule is Cc1cc([C@H](C)Nc2ccccc2C(=O)O)c2nc(N3CCC(F)(F)CC3)c(C)c(F)c2c1. The number of piperidine rings is 1. The molecule has 2 N–H and O–H groups in total. The molecular weight excluding hydrogens is 431 g/mol. The zero-order chi connectivity index (χ0) is 23.9. The predicted octanol–water partition coefficient (Wildman–Crippen LogP) is 6.10. The molecule has 0 radical (unpaired) electrons. The van der Waals surface area contributed by atoms with Gasteiger partial charge in [0.2, 0.25) is 0 Å². The first-order valence-corrected chi connectivity index (χ1v) is 10.9. The van der Waals surface area contributed by atoms with Gasteiger partial charge in [0.25, 0.3) is 5.92 Å². The number of aryl methyl sites for hydroxylation is 1. The quantitative estimate of drug-likeness (QED) is 0.485. The number of carboxylic acid groups (broad SMARTS) is 1. The second-order valence-electron chi connectivity index (χ2n) is 8.68. The van der Waals surface area contributed by atoms with Crippen LogP contribution >= 0.6 is 0 Å². The lowest BCUT2D eigenvalue weighted by atomic mass is 9.98. The number of carbonyl (C=O) groups is 1. The Labute approximate surface area is 190 Å². The summed E-state index contributed by atoms with van der Waals surface area (Å²) in [4.78, 5) is 18.1. The van der Waals surface area contributed by atoms with Gasteiger partial charge in [-0.3, -0.25) is 0 Å².